The van der Waals surface area contributed by atoms with Crippen LogP contribution in [0, 0.1) is 11.8 Å². The van der Waals surface area contributed by atoms with Crippen LogP contribution in [-0.4, -0.2) is 42.3 Å². The third kappa shape index (κ3) is 3.45. The first kappa shape index (κ1) is 18.2. The predicted molar refractivity (Wildman–Crippen MR) is 116 cm³/mol. The van der Waals surface area contributed by atoms with Gasteiger partial charge in [0.05, 0.1) is 22.4 Å². The van der Waals surface area contributed by atoms with Crippen LogP contribution in [0.5, 0.6) is 0 Å². The maximum Gasteiger partial charge on any atom is 0.186 e. The molecule has 0 amide bonds. The van der Waals surface area contributed by atoms with Gasteiger partial charge in [-0.3, -0.25) is 0 Å². The van der Waals surface area contributed by atoms with Crippen LogP contribution in [0.1, 0.15) is 12.8 Å². The van der Waals surface area contributed by atoms with Crippen molar-refractivity contribution in [3.8, 4) is 0 Å². The lowest BCUT2D eigenvalue weighted by Gasteiger charge is -2.37. The summed E-state index contributed by atoms with van der Waals surface area (Å²) < 4.78 is 7.00. The number of fused-ring (bicyclic) bond motifs is 2. The Balaban J connectivity index is 1.33. The number of rotatable bonds is 4. The fourth-order valence-corrected chi connectivity index (χ4v) is 5.90. The molecule has 2 aromatic heterocycles. The van der Waals surface area contributed by atoms with Crippen molar-refractivity contribution >= 4 is 44.1 Å². The van der Waals surface area contributed by atoms with Gasteiger partial charge in [-0.1, -0.05) is 29.0 Å². The standard InChI is InChI=1S/C21H23ClN4OS/c1-27-18-9-14-12-26(21-25-16-6-5-15(22)10-19(16)28-21)11-13(14)8-17(18)24-20-4-2-3-7-23-20/h2-7,10,13-14,17-18H,8-9,11-12H2,1H3,(H,23,24)/t13-,14+,17-,18-/m1/s1. The number of anilines is 2. The molecule has 1 N–H and O–H groups in total. The van der Waals surface area contributed by atoms with Crippen LogP contribution in [0.2, 0.25) is 5.02 Å². The Kier molecular flexibility index (Phi) is 4.87. The van der Waals surface area contributed by atoms with E-state index in [-0.39, 0.29) is 12.1 Å². The van der Waals surface area contributed by atoms with Gasteiger partial charge >= 0.3 is 0 Å². The number of benzene rings is 1. The molecule has 3 aromatic rings. The minimum absolute atomic E-state index is 0.206. The van der Waals surface area contributed by atoms with E-state index in [0.29, 0.717) is 11.8 Å². The van der Waals surface area contributed by atoms with E-state index >= 15 is 0 Å². The number of aromatic nitrogens is 2. The summed E-state index contributed by atoms with van der Waals surface area (Å²) in [5.74, 6) is 2.21. The molecule has 146 valence electrons. The van der Waals surface area contributed by atoms with E-state index in [1.165, 1.54) is 0 Å². The Hall–Kier alpha value is -1.89. The third-order valence-electron chi connectivity index (χ3n) is 6.03. The molecule has 3 heterocycles. The number of nitrogens with one attached hydrogen (secondary N) is 1. The molecule has 4 atom stereocenters. The maximum atomic E-state index is 6.14. The molecule has 7 heteroatoms. The minimum Gasteiger partial charge on any atom is -0.379 e. The summed E-state index contributed by atoms with van der Waals surface area (Å²) in [5.41, 5.74) is 1.03. The molecule has 5 rings (SSSR count). The Bertz CT molecular complexity index is 965. The minimum atomic E-state index is 0.206. The van der Waals surface area contributed by atoms with Crippen molar-refractivity contribution in [3.63, 3.8) is 0 Å². The van der Waals surface area contributed by atoms with Gasteiger partial charge in [0.25, 0.3) is 0 Å². The number of pyridine rings is 1. The second kappa shape index (κ2) is 7.50. The first-order valence-corrected chi connectivity index (χ1v) is 10.9. The topological polar surface area (TPSA) is 50.3 Å². The van der Waals surface area contributed by atoms with Crippen LogP contribution in [-0.2, 0) is 4.74 Å². The molecule has 2 aliphatic rings. The maximum absolute atomic E-state index is 6.14. The van der Waals surface area contributed by atoms with Crippen LogP contribution in [0.4, 0.5) is 10.9 Å². The normalized spacial score (nSPS) is 27.1. The summed E-state index contributed by atoms with van der Waals surface area (Å²) in [6, 6.07) is 12.2. The molecule has 5 nitrogen and oxygen atoms in total. The molecule has 0 radical (unpaired) electrons. The van der Waals surface area contributed by atoms with Crippen LogP contribution >= 0.6 is 22.9 Å². The highest BCUT2D eigenvalue weighted by molar-refractivity contribution is 7.22. The molecule has 0 bridgehead atoms. The fraction of sp³-hybridized carbons (Fsp3) is 0.429. The zero-order valence-corrected chi connectivity index (χ0v) is 17.3. The highest BCUT2D eigenvalue weighted by atomic mass is 35.5. The largest absolute Gasteiger partial charge is 0.379 e. The summed E-state index contributed by atoms with van der Waals surface area (Å²) >= 11 is 7.88. The van der Waals surface area contributed by atoms with Crippen LogP contribution in [0.3, 0.4) is 0 Å². The number of thiazole rings is 1. The number of ether oxygens (including phenoxy) is 1. The smallest absolute Gasteiger partial charge is 0.186 e. The fourth-order valence-electron chi connectivity index (χ4n) is 4.64. The summed E-state index contributed by atoms with van der Waals surface area (Å²) in [6.07, 6.45) is 4.19. The second-order valence-corrected chi connectivity index (χ2v) is 9.19. The van der Waals surface area contributed by atoms with Gasteiger partial charge in [-0.15, -0.1) is 0 Å². The number of halogens is 1. The van der Waals surface area contributed by atoms with Crippen LogP contribution in [0.15, 0.2) is 42.6 Å². The van der Waals surface area contributed by atoms with Crippen molar-refractivity contribution in [3.05, 3.63) is 47.6 Å². The summed E-state index contributed by atoms with van der Waals surface area (Å²) in [7, 11) is 1.82. The lowest BCUT2D eigenvalue weighted by Crippen LogP contribution is -2.44. The summed E-state index contributed by atoms with van der Waals surface area (Å²) in [6.45, 7) is 2.10. The zero-order valence-electron chi connectivity index (χ0n) is 15.7. The van der Waals surface area contributed by atoms with Gasteiger partial charge in [0.1, 0.15) is 5.82 Å². The van der Waals surface area contributed by atoms with Crippen LogP contribution < -0.4 is 10.2 Å². The van der Waals surface area contributed by atoms with Gasteiger partial charge in [0, 0.05) is 31.4 Å². The number of nitrogens with zero attached hydrogens (tertiary/aromatic N) is 3. The Morgan fingerprint density at radius 1 is 1.18 bits per heavy atom. The average Bonchev–Trinajstić information content (AvgIpc) is 3.31. The Labute approximate surface area is 173 Å². The highest BCUT2D eigenvalue weighted by Crippen LogP contribution is 2.41. The molecule has 0 unspecified atom stereocenters. The van der Waals surface area contributed by atoms with Crippen LogP contribution in [0.25, 0.3) is 10.2 Å². The van der Waals surface area contributed by atoms with E-state index < -0.39 is 0 Å². The predicted octanol–water partition coefficient (Wildman–Crippen LogP) is 4.69. The van der Waals surface area contributed by atoms with E-state index in [1.54, 1.807) is 11.3 Å². The number of methoxy groups -OCH3 is 1. The summed E-state index contributed by atoms with van der Waals surface area (Å²) in [4.78, 5) is 11.7. The average molecular weight is 415 g/mol. The van der Waals surface area contributed by atoms with E-state index in [2.05, 4.69) is 15.2 Å². The third-order valence-corrected chi connectivity index (χ3v) is 7.34. The van der Waals surface area contributed by atoms with Gasteiger partial charge in [-0.2, -0.15) is 0 Å². The quantitative estimate of drug-likeness (QED) is 0.671. The van der Waals surface area contributed by atoms with Gasteiger partial charge in [-0.25, -0.2) is 9.97 Å². The van der Waals surface area contributed by atoms with E-state index in [9.17, 15) is 0 Å². The first-order valence-electron chi connectivity index (χ1n) is 9.71. The molecule has 28 heavy (non-hydrogen) atoms. The molecule has 0 spiro atoms. The van der Waals surface area contributed by atoms with Gasteiger partial charge < -0.3 is 15.0 Å². The van der Waals surface area contributed by atoms with Crippen molar-refractivity contribution in [1.82, 2.24) is 9.97 Å². The van der Waals surface area contributed by atoms with Gasteiger partial charge in [0.2, 0.25) is 0 Å². The first-order chi connectivity index (χ1) is 13.7. The Morgan fingerprint density at radius 3 is 2.82 bits per heavy atom. The van der Waals surface area contributed by atoms with Crippen molar-refractivity contribution in [2.75, 3.05) is 30.4 Å². The Morgan fingerprint density at radius 2 is 2.04 bits per heavy atom. The monoisotopic (exact) mass is 414 g/mol. The summed E-state index contributed by atoms with van der Waals surface area (Å²) in [5, 5.41) is 5.47. The van der Waals surface area contributed by atoms with E-state index in [0.717, 1.165) is 52.1 Å². The zero-order chi connectivity index (χ0) is 19.1. The molecule has 2 fully saturated rings. The lowest BCUT2D eigenvalue weighted by atomic mass is 9.77. The number of hydrogen-bond donors (Lipinski definition) is 1. The molecular formula is C21H23ClN4OS. The molecule has 1 aliphatic carbocycles. The van der Waals surface area contributed by atoms with Crippen molar-refractivity contribution in [2.24, 2.45) is 11.8 Å². The lowest BCUT2D eigenvalue weighted by molar-refractivity contribution is 0.0305. The molecule has 1 saturated carbocycles. The van der Waals surface area contributed by atoms with E-state index in [4.69, 9.17) is 21.3 Å². The molecular weight excluding hydrogens is 392 g/mol. The molecule has 1 aromatic carbocycles. The molecule has 1 saturated heterocycles. The second-order valence-electron chi connectivity index (χ2n) is 7.74. The van der Waals surface area contributed by atoms with Gasteiger partial charge in [-0.05, 0) is 55.0 Å². The molecule has 1 aliphatic heterocycles. The van der Waals surface area contributed by atoms with E-state index in [1.807, 2.05) is 49.7 Å². The number of hydrogen-bond acceptors (Lipinski definition) is 6. The van der Waals surface area contributed by atoms with Crippen molar-refractivity contribution in [2.45, 2.75) is 25.0 Å². The van der Waals surface area contributed by atoms with Crippen molar-refractivity contribution in [1.29, 1.82) is 0 Å². The highest BCUT2D eigenvalue weighted by Gasteiger charge is 2.43. The van der Waals surface area contributed by atoms with Crippen molar-refractivity contribution < 1.29 is 4.74 Å². The van der Waals surface area contributed by atoms with Gasteiger partial charge in [0.15, 0.2) is 5.13 Å². The SMILES string of the molecule is CO[C@@H]1C[C@H]2CN(c3nc4ccc(Cl)cc4s3)C[C@H]2C[C@H]1Nc1ccccn1.